The molecular weight excluding hydrogens is 414 g/mol. The topological polar surface area (TPSA) is 52.6 Å². The van der Waals surface area contributed by atoms with E-state index in [-0.39, 0.29) is 4.90 Å². The zero-order valence-corrected chi connectivity index (χ0v) is 17.5. The summed E-state index contributed by atoms with van der Waals surface area (Å²) in [5, 5.41) is 0. The summed E-state index contributed by atoms with van der Waals surface area (Å²) in [6, 6.07) is 12.8. The van der Waals surface area contributed by atoms with E-state index in [4.69, 9.17) is 0 Å². The van der Waals surface area contributed by atoms with Crippen molar-refractivity contribution in [3.05, 3.63) is 52.5 Å². The van der Waals surface area contributed by atoms with Crippen molar-refractivity contribution in [3.8, 4) is 0 Å². The summed E-state index contributed by atoms with van der Waals surface area (Å²) < 4.78 is 29.1. The molecule has 2 aromatic carbocycles. The third-order valence-electron chi connectivity index (χ3n) is 4.69. The first-order chi connectivity index (χ1) is 12.4. The molecule has 7 heteroatoms. The monoisotopic (exact) mass is 437 g/mol. The predicted octanol–water partition coefficient (Wildman–Crippen LogP) is 3.70. The molecule has 0 aliphatic carbocycles. The normalized spacial score (nSPS) is 15.9. The maximum atomic E-state index is 12.9. The van der Waals surface area contributed by atoms with E-state index in [9.17, 15) is 8.42 Å². The Labute approximate surface area is 164 Å². The molecule has 2 aromatic rings. The molecule has 0 saturated carbocycles. The smallest absolute Gasteiger partial charge is 0.263 e. The van der Waals surface area contributed by atoms with Gasteiger partial charge in [-0.15, -0.1) is 0 Å². The van der Waals surface area contributed by atoms with Crippen molar-refractivity contribution in [2.45, 2.75) is 18.7 Å². The second-order valence-corrected chi connectivity index (χ2v) is 8.98. The zero-order chi connectivity index (χ0) is 18.7. The minimum Gasteiger partial charge on any atom is -0.367 e. The number of benzene rings is 2. The summed E-state index contributed by atoms with van der Waals surface area (Å²) in [7, 11) is -3.67. The highest BCUT2D eigenvalue weighted by molar-refractivity contribution is 9.10. The van der Waals surface area contributed by atoms with Gasteiger partial charge >= 0.3 is 0 Å². The van der Waals surface area contributed by atoms with Crippen LogP contribution in [-0.4, -0.2) is 46.0 Å². The molecule has 140 valence electrons. The highest BCUT2D eigenvalue weighted by Gasteiger charge is 2.22. The van der Waals surface area contributed by atoms with E-state index in [2.05, 4.69) is 37.4 Å². The van der Waals surface area contributed by atoms with E-state index in [1.165, 1.54) is 0 Å². The summed E-state index contributed by atoms with van der Waals surface area (Å²) >= 11 is 3.37. The van der Waals surface area contributed by atoms with E-state index in [0.29, 0.717) is 10.2 Å². The Morgan fingerprint density at radius 3 is 2.42 bits per heavy atom. The van der Waals surface area contributed by atoms with Gasteiger partial charge < -0.3 is 9.80 Å². The number of likely N-dealkylation sites (N-methyl/N-ethyl adjacent to an activating group) is 1. The number of piperazine rings is 1. The first-order valence-corrected chi connectivity index (χ1v) is 11.0. The lowest BCUT2D eigenvalue weighted by molar-refractivity contribution is 0.271. The van der Waals surface area contributed by atoms with E-state index in [1.54, 1.807) is 12.1 Å². The molecule has 0 radical (unpaired) electrons. The SMILES string of the molecule is CCN1CCN(c2ccccc2NS(=O)(=O)c2ccc(C)cc2Br)CC1. The highest BCUT2D eigenvalue weighted by Crippen LogP contribution is 2.31. The van der Waals surface area contributed by atoms with Crippen LogP contribution in [0, 0.1) is 6.92 Å². The van der Waals surface area contributed by atoms with Crippen LogP contribution < -0.4 is 9.62 Å². The number of halogens is 1. The van der Waals surface area contributed by atoms with Crippen molar-refractivity contribution in [3.63, 3.8) is 0 Å². The van der Waals surface area contributed by atoms with Crippen LogP contribution in [0.15, 0.2) is 51.8 Å². The van der Waals surface area contributed by atoms with Crippen molar-refractivity contribution < 1.29 is 8.42 Å². The zero-order valence-electron chi connectivity index (χ0n) is 15.1. The van der Waals surface area contributed by atoms with E-state index < -0.39 is 10.0 Å². The average molecular weight is 438 g/mol. The third-order valence-corrected chi connectivity index (χ3v) is 7.03. The number of nitrogens with one attached hydrogen (secondary N) is 1. The summed E-state index contributed by atoms with van der Waals surface area (Å²) in [4.78, 5) is 4.88. The Kier molecular flexibility index (Phi) is 5.89. The minimum absolute atomic E-state index is 0.244. The number of anilines is 2. The van der Waals surface area contributed by atoms with Crippen LogP contribution in [0.4, 0.5) is 11.4 Å². The van der Waals surface area contributed by atoms with Gasteiger partial charge in [0.25, 0.3) is 10.0 Å². The second-order valence-electron chi connectivity index (χ2n) is 6.48. The van der Waals surface area contributed by atoms with Crippen LogP contribution in [0.2, 0.25) is 0 Å². The van der Waals surface area contributed by atoms with Gasteiger partial charge in [-0.2, -0.15) is 0 Å². The van der Waals surface area contributed by atoms with Gasteiger partial charge in [0, 0.05) is 30.7 Å². The Balaban J connectivity index is 1.86. The van der Waals surface area contributed by atoms with Gasteiger partial charge in [-0.25, -0.2) is 8.42 Å². The van der Waals surface area contributed by atoms with Crippen molar-refractivity contribution in [2.75, 3.05) is 42.3 Å². The molecule has 26 heavy (non-hydrogen) atoms. The Morgan fingerprint density at radius 2 is 1.77 bits per heavy atom. The van der Waals surface area contributed by atoms with Crippen LogP contribution >= 0.6 is 15.9 Å². The fraction of sp³-hybridized carbons (Fsp3) is 0.368. The molecule has 0 atom stereocenters. The maximum Gasteiger partial charge on any atom is 0.263 e. The molecule has 0 spiro atoms. The molecule has 1 fully saturated rings. The summed E-state index contributed by atoms with van der Waals surface area (Å²) in [6.07, 6.45) is 0. The van der Waals surface area contributed by atoms with Gasteiger partial charge in [-0.1, -0.05) is 25.1 Å². The van der Waals surface area contributed by atoms with Crippen LogP contribution in [0.1, 0.15) is 12.5 Å². The number of rotatable bonds is 5. The van der Waals surface area contributed by atoms with E-state index in [1.807, 2.05) is 37.3 Å². The van der Waals surface area contributed by atoms with Crippen LogP contribution in [0.5, 0.6) is 0 Å². The quantitative estimate of drug-likeness (QED) is 0.774. The molecule has 1 aliphatic heterocycles. The highest BCUT2D eigenvalue weighted by atomic mass is 79.9. The molecular formula is C19H24BrN3O2S. The van der Waals surface area contributed by atoms with E-state index >= 15 is 0 Å². The number of hydrogen-bond acceptors (Lipinski definition) is 4. The largest absolute Gasteiger partial charge is 0.367 e. The summed E-state index contributed by atoms with van der Waals surface area (Å²) in [5.41, 5.74) is 2.55. The lowest BCUT2D eigenvalue weighted by atomic mass is 10.2. The number of para-hydroxylation sites is 2. The van der Waals surface area contributed by atoms with Gasteiger partial charge in [0.1, 0.15) is 4.90 Å². The Hall–Kier alpha value is -1.57. The lowest BCUT2D eigenvalue weighted by Crippen LogP contribution is -2.46. The minimum atomic E-state index is -3.67. The second kappa shape index (κ2) is 7.98. The number of sulfonamides is 1. The molecule has 3 rings (SSSR count). The van der Waals surface area contributed by atoms with Crippen LogP contribution in [0.3, 0.4) is 0 Å². The fourth-order valence-corrected chi connectivity index (χ4v) is 5.43. The Morgan fingerprint density at radius 1 is 1.08 bits per heavy atom. The average Bonchev–Trinajstić information content (AvgIpc) is 2.61. The molecule has 1 aliphatic rings. The number of hydrogen-bond donors (Lipinski definition) is 1. The van der Waals surface area contributed by atoms with Gasteiger partial charge in [0.15, 0.2) is 0 Å². The molecule has 1 saturated heterocycles. The number of nitrogens with zero attached hydrogens (tertiary/aromatic N) is 2. The summed E-state index contributed by atoms with van der Waals surface area (Å²) in [5.74, 6) is 0. The van der Waals surface area contributed by atoms with Crippen LogP contribution in [0.25, 0.3) is 0 Å². The molecule has 0 bridgehead atoms. The van der Waals surface area contributed by atoms with Gasteiger partial charge in [0.05, 0.1) is 11.4 Å². The van der Waals surface area contributed by atoms with E-state index in [0.717, 1.165) is 44.0 Å². The molecule has 5 nitrogen and oxygen atoms in total. The Bertz CT molecular complexity index is 878. The molecule has 1 heterocycles. The molecule has 1 N–H and O–H groups in total. The van der Waals surface area contributed by atoms with Gasteiger partial charge in [-0.05, 0) is 59.2 Å². The standard InChI is InChI=1S/C19H24BrN3O2S/c1-3-22-10-12-23(13-11-22)18-7-5-4-6-17(18)21-26(24,25)19-9-8-15(2)14-16(19)20/h4-9,14,21H,3,10-13H2,1-2H3. The van der Waals surface area contributed by atoms with Crippen molar-refractivity contribution in [1.82, 2.24) is 4.90 Å². The number of aryl methyl sites for hydroxylation is 1. The maximum absolute atomic E-state index is 12.9. The third kappa shape index (κ3) is 4.22. The van der Waals surface area contributed by atoms with Crippen molar-refractivity contribution >= 4 is 37.3 Å². The first kappa shape index (κ1) is 19.2. The summed E-state index contributed by atoms with van der Waals surface area (Å²) in [6.45, 7) is 8.89. The fourth-order valence-electron chi connectivity index (χ4n) is 3.16. The first-order valence-electron chi connectivity index (χ1n) is 8.76. The molecule has 0 amide bonds. The van der Waals surface area contributed by atoms with Crippen molar-refractivity contribution in [2.24, 2.45) is 0 Å². The van der Waals surface area contributed by atoms with Gasteiger partial charge in [-0.3, -0.25) is 4.72 Å². The van der Waals surface area contributed by atoms with Crippen LogP contribution in [-0.2, 0) is 10.0 Å². The predicted molar refractivity (Wildman–Crippen MR) is 110 cm³/mol. The lowest BCUT2D eigenvalue weighted by Gasteiger charge is -2.36. The van der Waals surface area contributed by atoms with Crippen molar-refractivity contribution in [1.29, 1.82) is 0 Å². The molecule has 0 aromatic heterocycles. The van der Waals surface area contributed by atoms with Gasteiger partial charge in [0.2, 0.25) is 0 Å². The molecule has 0 unspecified atom stereocenters.